The topological polar surface area (TPSA) is 50.8 Å². The summed E-state index contributed by atoms with van der Waals surface area (Å²) in [4.78, 5) is 14.3. The molecule has 0 radical (unpaired) electrons. The van der Waals surface area contributed by atoms with E-state index >= 15 is 0 Å². The van der Waals surface area contributed by atoms with Crippen molar-refractivity contribution in [2.75, 3.05) is 32.8 Å². The second-order valence-electron chi connectivity index (χ2n) is 5.30. The summed E-state index contributed by atoms with van der Waals surface area (Å²) < 4.78 is 11.0. The molecule has 20 heavy (non-hydrogen) atoms. The standard InChI is InChI=1S/C15H20N2O3/c1-11-10-16-4-5-17(11)15(18)9-12-2-3-13-14(8-12)20-7-6-19-13/h2-3,8,11,16H,4-7,9-10H2,1H3/t11-/m1/s1. The van der Waals surface area contributed by atoms with Gasteiger partial charge in [0, 0.05) is 25.7 Å². The van der Waals surface area contributed by atoms with Crippen molar-refractivity contribution in [1.82, 2.24) is 10.2 Å². The Morgan fingerprint density at radius 3 is 2.95 bits per heavy atom. The first-order chi connectivity index (χ1) is 9.74. The number of hydrogen-bond acceptors (Lipinski definition) is 4. The van der Waals surface area contributed by atoms with Gasteiger partial charge >= 0.3 is 0 Å². The summed E-state index contributed by atoms with van der Waals surface area (Å²) in [5, 5.41) is 3.29. The van der Waals surface area contributed by atoms with Gasteiger partial charge in [-0.05, 0) is 24.6 Å². The molecule has 1 fully saturated rings. The van der Waals surface area contributed by atoms with Crippen LogP contribution in [-0.4, -0.2) is 49.7 Å². The van der Waals surface area contributed by atoms with Gasteiger partial charge in [-0.25, -0.2) is 0 Å². The number of ether oxygens (including phenoxy) is 2. The van der Waals surface area contributed by atoms with E-state index in [9.17, 15) is 4.79 Å². The lowest BCUT2D eigenvalue weighted by Gasteiger charge is -2.34. The van der Waals surface area contributed by atoms with E-state index in [0.29, 0.717) is 19.6 Å². The Bertz CT molecular complexity index is 504. The van der Waals surface area contributed by atoms with Gasteiger partial charge in [0.1, 0.15) is 13.2 Å². The number of carbonyl (C=O) groups is 1. The van der Waals surface area contributed by atoms with Gasteiger partial charge in [0.15, 0.2) is 11.5 Å². The van der Waals surface area contributed by atoms with Crippen molar-refractivity contribution in [3.8, 4) is 11.5 Å². The highest BCUT2D eigenvalue weighted by molar-refractivity contribution is 5.79. The van der Waals surface area contributed by atoms with Crippen LogP contribution < -0.4 is 14.8 Å². The Morgan fingerprint density at radius 1 is 1.35 bits per heavy atom. The number of carbonyl (C=O) groups excluding carboxylic acids is 1. The number of amides is 1. The van der Waals surface area contributed by atoms with Gasteiger partial charge < -0.3 is 19.7 Å². The highest BCUT2D eigenvalue weighted by Crippen LogP contribution is 2.31. The molecule has 2 aliphatic heterocycles. The Balaban J connectivity index is 1.69. The van der Waals surface area contributed by atoms with E-state index in [4.69, 9.17) is 9.47 Å². The lowest BCUT2D eigenvalue weighted by atomic mass is 10.1. The van der Waals surface area contributed by atoms with Crippen molar-refractivity contribution >= 4 is 5.91 Å². The molecule has 3 rings (SSSR count). The highest BCUT2D eigenvalue weighted by Gasteiger charge is 2.23. The van der Waals surface area contributed by atoms with E-state index in [2.05, 4.69) is 12.2 Å². The molecule has 5 nitrogen and oxygen atoms in total. The van der Waals surface area contributed by atoms with Crippen LogP contribution in [0.15, 0.2) is 18.2 Å². The number of rotatable bonds is 2. The fourth-order valence-corrected chi connectivity index (χ4v) is 2.69. The summed E-state index contributed by atoms with van der Waals surface area (Å²) in [6, 6.07) is 6.00. The van der Waals surface area contributed by atoms with Crippen LogP contribution in [0, 0.1) is 0 Å². The van der Waals surface area contributed by atoms with Crippen molar-refractivity contribution in [2.24, 2.45) is 0 Å². The van der Waals surface area contributed by atoms with Gasteiger partial charge in [-0.1, -0.05) is 6.07 Å². The molecule has 0 aromatic heterocycles. The molecule has 1 atom stereocenters. The summed E-state index contributed by atoms with van der Waals surface area (Å²) in [7, 11) is 0. The third-order valence-corrected chi connectivity index (χ3v) is 3.78. The predicted octanol–water partition coefficient (Wildman–Crippen LogP) is 0.821. The van der Waals surface area contributed by atoms with E-state index in [0.717, 1.165) is 36.7 Å². The maximum Gasteiger partial charge on any atom is 0.227 e. The lowest BCUT2D eigenvalue weighted by molar-refractivity contribution is -0.133. The van der Waals surface area contributed by atoms with Crippen LogP contribution in [0.5, 0.6) is 11.5 Å². The van der Waals surface area contributed by atoms with Crippen LogP contribution in [-0.2, 0) is 11.2 Å². The minimum Gasteiger partial charge on any atom is -0.486 e. The van der Waals surface area contributed by atoms with E-state index in [1.54, 1.807) is 0 Å². The molecule has 2 aliphatic rings. The molecule has 1 amide bonds. The molecule has 1 aromatic carbocycles. The van der Waals surface area contributed by atoms with Gasteiger partial charge in [-0.15, -0.1) is 0 Å². The highest BCUT2D eigenvalue weighted by atomic mass is 16.6. The third-order valence-electron chi connectivity index (χ3n) is 3.78. The SMILES string of the molecule is C[C@@H]1CNCCN1C(=O)Cc1ccc2c(c1)OCCO2. The molecule has 108 valence electrons. The molecule has 0 bridgehead atoms. The Labute approximate surface area is 118 Å². The summed E-state index contributed by atoms with van der Waals surface area (Å²) in [5.41, 5.74) is 0.977. The van der Waals surface area contributed by atoms with Crippen LogP contribution in [0.4, 0.5) is 0 Å². The normalized spacial score (nSPS) is 21.6. The van der Waals surface area contributed by atoms with Gasteiger partial charge in [-0.2, -0.15) is 0 Å². The second kappa shape index (κ2) is 5.71. The molecule has 2 heterocycles. The average Bonchev–Trinajstić information content (AvgIpc) is 2.47. The first kappa shape index (κ1) is 13.2. The van der Waals surface area contributed by atoms with Crippen LogP contribution in [0.25, 0.3) is 0 Å². The second-order valence-corrected chi connectivity index (χ2v) is 5.30. The molecule has 1 aromatic rings. The molecule has 0 unspecified atom stereocenters. The van der Waals surface area contributed by atoms with Crippen molar-refractivity contribution in [1.29, 1.82) is 0 Å². The third kappa shape index (κ3) is 2.72. The minimum absolute atomic E-state index is 0.177. The molecular formula is C15H20N2O3. The number of nitrogens with one attached hydrogen (secondary N) is 1. The molecule has 5 heteroatoms. The Kier molecular flexibility index (Phi) is 3.78. The summed E-state index contributed by atoms with van der Waals surface area (Å²) in [5.74, 6) is 1.69. The zero-order chi connectivity index (χ0) is 13.9. The smallest absolute Gasteiger partial charge is 0.227 e. The van der Waals surface area contributed by atoms with Gasteiger partial charge in [-0.3, -0.25) is 4.79 Å². The summed E-state index contributed by atoms with van der Waals surface area (Å²) >= 11 is 0. The summed E-state index contributed by atoms with van der Waals surface area (Å²) in [6.45, 7) is 5.76. The van der Waals surface area contributed by atoms with Crippen LogP contribution >= 0.6 is 0 Å². The Hall–Kier alpha value is -1.75. The molecule has 1 N–H and O–H groups in total. The first-order valence-electron chi connectivity index (χ1n) is 7.13. The molecular weight excluding hydrogens is 256 g/mol. The first-order valence-corrected chi connectivity index (χ1v) is 7.13. The average molecular weight is 276 g/mol. The number of piperazine rings is 1. The maximum absolute atomic E-state index is 12.4. The van der Waals surface area contributed by atoms with Crippen molar-refractivity contribution in [3.63, 3.8) is 0 Å². The number of nitrogens with zero attached hydrogens (tertiary/aromatic N) is 1. The van der Waals surface area contributed by atoms with E-state index in [1.807, 2.05) is 23.1 Å². The van der Waals surface area contributed by atoms with Gasteiger partial charge in [0.05, 0.1) is 6.42 Å². The van der Waals surface area contributed by atoms with E-state index in [1.165, 1.54) is 0 Å². The van der Waals surface area contributed by atoms with Crippen molar-refractivity contribution < 1.29 is 14.3 Å². The number of hydrogen-bond donors (Lipinski definition) is 1. The lowest BCUT2D eigenvalue weighted by Crippen LogP contribution is -2.52. The number of benzene rings is 1. The van der Waals surface area contributed by atoms with Crippen LogP contribution in [0.2, 0.25) is 0 Å². The Morgan fingerprint density at radius 2 is 2.15 bits per heavy atom. The fraction of sp³-hybridized carbons (Fsp3) is 0.533. The summed E-state index contributed by atoms with van der Waals surface area (Å²) in [6.07, 6.45) is 0.418. The van der Waals surface area contributed by atoms with E-state index < -0.39 is 0 Å². The van der Waals surface area contributed by atoms with Crippen molar-refractivity contribution in [2.45, 2.75) is 19.4 Å². The zero-order valence-electron chi connectivity index (χ0n) is 11.7. The fourth-order valence-electron chi connectivity index (χ4n) is 2.69. The maximum atomic E-state index is 12.4. The van der Waals surface area contributed by atoms with Crippen LogP contribution in [0.1, 0.15) is 12.5 Å². The zero-order valence-corrected chi connectivity index (χ0v) is 11.7. The van der Waals surface area contributed by atoms with E-state index in [-0.39, 0.29) is 11.9 Å². The largest absolute Gasteiger partial charge is 0.486 e. The van der Waals surface area contributed by atoms with Crippen LogP contribution in [0.3, 0.4) is 0 Å². The monoisotopic (exact) mass is 276 g/mol. The molecule has 0 aliphatic carbocycles. The molecule has 0 spiro atoms. The van der Waals surface area contributed by atoms with Crippen molar-refractivity contribution in [3.05, 3.63) is 23.8 Å². The number of fused-ring (bicyclic) bond motifs is 1. The molecule has 1 saturated heterocycles. The predicted molar refractivity (Wildman–Crippen MR) is 75.2 cm³/mol. The van der Waals surface area contributed by atoms with Gasteiger partial charge in [0.2, 0.25) is 5.91 Å². The quantitative estimate of drug-likeness (QED) is 0.869. The molecule has 0 saturated carbocycles. The van der Waals surface area contributed by atoms with Gasteiger partial charge in [0.25, 0.3) is 0 Å². The minimum atomic E-state index is 0.177.